The molecule has 72 valence electrons. The minimum Gasteiger partial charge on any atom is -0.468 e. The van der Waals surface area contributed by atoms with Gasteiger partial charge in [-0.25, -0.2) is 0 Å². The molecule has 0 aliphatic carbocycles. The van der Waals surface area contributed by atoms with Crippen LogP contribution in [0.25, 0.3) is 0 Å². The van der Waals surface area contributed by atoms with Crippen LogP contribution in [0.5, 0.6) is 0 Å². The van der Waals surface area contributed by atoms with E-state index in [9.17, 15) is 4.79 Å². The van der Waals surface area contributed by atoms with Gasteiger partial charge in [-0.1, -0.05) is 6.92 Å². The summed E-state index contributed by atoms with van der Waals surface area (Å²) in [5.41, 5.74) is 0. The first-order valence-electron chi connectivity index (χ1n) is 4.35. The van der Waals surface area contributed by atoms with Gasteiger partial charge in [0.1, 0.15) is 17.4 Å². The quantitative estimate of drug-likeness (QED) is 0.672. The van der Waals surface area contributed by atoms with Gasteiger partial charge in [0.25, 0.3) is 0 Å². The topological polar surface area (TPSA) is 39.4 Å². The highest BCUT2D eigenvalue weighted by atomic mass is 16.5. The molecule has 0 aliphatic rings. The Bertz CT molecular complexity index is 288. The van der Waals surface area contributed by atoms with Crippen molar-refractivity contribution < 1.29 is 13.9 Å². The summed E-state index contributed by atoms with van der Waals surface area (Å²) >= 11 is 0. The molecule has 1 aromatic rings. The number of carbonyl (C=O) groups excluding carboxylic acids is 1. The molecule has 1 aromatic heterocycles. The van der Waals surface area contributed by atoms with Crippen LogP contribution in [0.2, 0.25) is 0 Å². The molecule has 13 heavy (non-hydrogen) atoms. The maximum atomic E-state index is 11.1. The summed E-state index contributed by atoms with van der Waals surface area (Å²) in [4.78, 5) is 11.1. The second-order valence-electron chi connectivity index (χ2n) is 2.90. The molecule has 0 radical (unpaired) electrons. The summed E-state index contributed by atoms with van der Waals surface area (Å²) in [6.45, 7) is 3.77. The maximum absolute atomic E-state index is 11.1. The summed E-state index contributed by atoms with van der Waals surface area (Å²) in [5.74, 6) is 0.983. The second kappa shape index (κ2) is 4.12. The fourth-order valence-electron chi connectivity index (χ4n) is 1.11. The SMILES string of the molecule is CCc1ccc(C(C)C(=O)OC)o1. The lowest BCUT2D eigenvalue weighted by Gasteiger charge is -2.04. The molecule has 1 unspecified atom stereocenters. The zero-order chi connectivity index (χ0) is 9.84. The molecule has 0 saturated carbocycles. The number of furan rings is 1. The Kier molecular flexibility index (Phi) is 3.12. The van der Waals surface area contributed by atoms with E-state index in [2.05, 4.69) is 4.74 Å². The van der Waals surface area contributed by atoms with Crippen LogP contribution in [0.3, 0.4) is 0 Å². The number of hydrogen-bond acceptors (Lipinski definition) is 3. The van der Waals surface area contributed by atoms with E-state index in [1.54, 1.807) is 6.92 Å². The van der Waals surface area contributed by atoms with Crippen molar-refractivity contribution in [2.75, 3.05) is 7.11 Å². The summed E-state index contributed by atoms with van der Waals surface area (Å²) in [6.07, 6.45) is 0.841. The number of hydrogen-bond donors (Lipinski definition) is 0. The predicted molar refractivity (Wildman–Crippen MR) is 48.5 cm³/mol. The van der Waals surface area contributed by atoms with Crippen LogP contribution in [-0.4, -0.2) is 13.1 Å². The van der Waals surface area contributed by atoms with E-state index in [4.69, 9.17) is 4.42 Å². The first kappa shape index (κ1) is 9.84. The lowest BCUT2D eigenvalue weighted by Crippen LogP contribution is -2.09. The third-order valence-electron chi connectivity index (χ3n) is 2.01. The smallest absolute Gasteiger partial charge is 0.316 e. The van der Waals surface area contributed by atoms with Gasteiger partial charge in [-0.3, -0.25) is 4.79 Å². The third kappa shape index (κ3) is 2.11. The van der Waals surface area contributed by atoms with Crippen molar-refractivity contribution in [1.82, 2.24) is 0 Å². The van der Waals surface area contributed by atoms with Gasteiger partial charge < -0.3 is 9.15 Å². The number of carbonyl (C=O) groups is 1. The van der Waals surface area contributed by atoms with Crippen molar-refractivity contribution >= 4 is 5.97 Å². The molecular formula is C10H14O3. The molecule has 3 nitrogen and oxygen atoms in total. The predicted octanol–water partition coefficient (Wildman–Crippen LogP) is 2.12. The van der Waals surface area contributed by atoms with Crippen molar-refractivity contribution in [3.8, 4) is 0 Å². The van der Waals surface area contributed by atoms with Gasteiger partial charge in [0.05, 0.1) is 7.11 Å². The molecule has 1 heterocycles. The second-order valence-corrected chi connectivity index (χ2v) is 2.90. The van der Waals surface area contributed by atoms with Crippen LogP contribution in [0.4, 0.5) is 0 Å². The van der Waals surface area contributed by atoms with Crippen molar-refractivity contribution in [3.05, 3.63) is 23.7 Å². The van der Waals surface area contributed by atoms with E-state index < -0.39 is 0 Å². The molecule has 0 aromatic carbocycles. The van der Waals surface area contributed by atoms with Gasteiger partial charge in [-0.15, -0.1) is 0 Å². The van der Waals surface area contributed by atoms with Gasteiger partial charge in [0.2, 0.25) is 0 Å². The first-order valence-corrected chi connectivity index (χ1v) is 4.35. The standard InChI is InChI=1S/C10H14O3/c1-4-8-5-6-9(13-8)7(2)10(11)12-3/h5-7H,4H2,1-3H3. The Morgan fingerprint density at radius 3 is 2.77 bits per heavy atom. The van der Waals surface area contributed by atoms with Gasteiger partial charge in [0.15, 0.2) is 0 Å². The highest BCUT2D eigenvalue weighted by Gasteiger charge is 2.18. The van der Waals surface area contributed by atoms with Gasteiger partial charge in [0, 0.05) is 6.42 Å². The molecule has 0 N–H and O–H groups in total. The molecule has 0 fully saturated rings. The zero-order valence-electron chi connectivity index (χ0n) is 8.16. The van der Waals surface area contributed by atoms with E-state index in [0.29, 0.717) is 5.76 Å². The number of aryl methyl sites for hydroxylation is 1. The van der Waals surface area contributed by atoms with Crippen molar-refractivity contribution in [1.29, 1.82) is 0 Å². The normalized spacial score (nSPS) is 12.5. The Balaban J connectivity index is 2.76. The van der Waals surface area contributed by atoms with Crippen LogP contribution >= 0.6 is 0 Å². The third-order valence-corrected chi connectivity index (χ3v) is 2.01. The summed E-state index contributed by atoms with van der Waals surface area (Å²) in [6, 6.07) is 3.70. The molecule has 1 atom stereocenters. The average molecular weight is 182 g/mol. The molecule has 0 bridgehead atoms. The summed E-state index contributed by atoms with van der Waals surface area (Å²) in [5, 5.41) is 0. The lowest BCUT2D eigenvalue weighted by atomic mass is 10.1. The minimum atomic E-state index is -0.315. The molecule has 0 amide bonds. The van der Waals surface area contributed by atoms with Crippen LogP contribution in [-0.2, 0) is 16.0 Å². The number of rotatable bonds is 3. The molecule has 3 heteroatoms. The van der Waals surface area contributed by atoms with E-state index >= 15 is 0 Å². The highest BCUT2D eigenvalue weighted by Crippen LogP contribution is 2.19. The average Bonchev–Trinajstić information content (AvgIpc) is 2.63. The minimum absolute atomic E-state index is 0.267. The Morgan fingerprint density at radius 2 is 2.31 bits per heavy atom. The number of methoxy groups -OCH3 is 1. The van der Waals surface area contributed by atoms with Crippen LogP contribution in [0.1, 0.15) is 31.3 Å². The van der Waals surface area contributed by atoms with Crippen LogP contribution < -0.4 is 0 Å². The maximum Gasteiger partial charge on any atom is 0.316 e. The van der Waals surface area contributed by atoms with E-state index in [-0.39, 0.29) is 11.9 Å². The van der Waals surface area contributed by atoms with E-state index in [1.165, 1.54) is 7.11 Å². The van der Waals surface area contributed by atoms with Crippen LogP contribution in [0, 0.1) is 0 Å². The van der Waals surface area contributed by atoms with Gasteiger partial charge in [-0.05, 0) is 19.1 Å². The van der Waals surface area contributed by atoms with Crippen molar-refractivity contribution in [2.24, 2.45) is 0 Å². The molecule has 0 spiro atoms. The van der Waals surface area contributed by atoms with Crippen LogP contribution in [0.15, 0.2) is 16.5 Å². The number of ether oxygens (including phenoxy) is 1. The monoisotopic (exact) mass is 182 g/mol. The van der Waals surface area contributed by atoms with E-state index in [0.717, 1.165) is 12.2 Å². The van der Waals surface area contributed by atoms with Gasteiger partial charge in [-0.2, -0.15) is 0 Å². The summed E-state index contributed by atoms with van der Waals surface area (Å²) < 4.78 is 10.0. The molecular weight excluding hydrogens is 168 g/mol. The molecule has 1 rings (SSSR count). The fraction of sp³-hybridized carbons (Fsp3) is 0.500. The highest BCUT2D eigenvalue weighted by molar-refractivity contribution is 5.76. The Labute approximate surface area is 77.7 Å². The lowest BCUT2D eigenvalue weighted by molar-refractivity contribution is -0.142. The van der Waals surface area contributed by atoms with E-state index in [1.807, 2.05) is 19.1 Å². The molecule has 0 aliphatic heterocycles. The number of esters is 1. The van der Waals surface area contributed by atoms with Crippen molar-refractivity contribution in [3.63, 3.8) is 0 Å². The largest absolute Gasteiger partial charge is 0.468 e. The Hall–Kier alpha value is -1.25. The van der Waals surface area contributed by atoms with Crippen molar-refractivity contribution in [2.45, 2.75) is 26.2 Å². The molecule has 0 saturated heterocycles. The Morgan fingerprint density at radius 1 is 1.62 bits per heavy atom. The fourth-order valence-corrected chi connectivity index (χ4v) is 1.11. The summed E-state index contributed by atoms with van der Waals surface area (Å²) in [7, 11) is 1.38. The van der Waals surface area contributed by atoms with Gasteiger partial charge >= 0.3 is 5.97 Å². The first-order chi connectivity index (χ1) is 6.19. The zero-order valence-corrected chi connectivity index (χ0v) is 8.16.